The molecule has 30 heavy (non-hydrogen) atoms. The summed E-state index contributed by atoms with van der Waals surface area (Å²) in [4.78, 5) is 24.6. The SMILES string of the molecule is CCCCCCCCCCCCCCCC(=O)n1nc(SC)c(C(=O)OCC)c1N. The third kappa shape index (κ3) is 9.54. The van der Waals surface area contributed by atoms with E-state index in [0.717, 1.165) is 19.3 Å². The number of carbonyl (C=O) groups is 2. The standard InChI is InChI=1S/C23H41N3O3S/c1-4-6-7-8-9-10-11-12-13-14-15-16-17-18-19(27)26-21(24)20(22(25-26)30-3)23(28)29-5-2/h4-18,24H2,1-3H3. The molecule has 0 aliphatic rings. The molecule has 1 aromatic heterocycles. The van der Waals surface area contributed by atoms with Crippen LogP contribution in [0.2, 0.25) is 0 Å². The summed E-state index contributed by atoms with van der Waals surface area (Å²) in [7, 11) is 0. The van der Waals surface area contributed by atoms with Crippen LogP contribution >= 0.6 is 11.8 Å². The van der Waals surface area contributed by atoms with Crippen molar-refractivity contribution in [3.05, 3.63) is 5.56 Å². The number of nitrogens with zero attached hydrogens (tertiary/aromatic N) is 2. The fraction of sp³-hybridized carbons (Fsp3) is 0.783. The van der Waals surface area contributed by atoms with Crippen molar-refractivity contribution in [2.75, 3.05) is 18.6 Å². The Labute approximate surface area is 186 Å². The zero-order valence-electron chi connectivity index (χ0n) is 19.2. The summed E-state index contributed by atoms with van der Waals surface area (Å²) >= 11 is 1.28. The minimum Gasteiger partial charge on any atom is -0.462 e. The molecule has 7 heteroatoms. The van der Waals surface area contributed by atoms with Gasteiger partial charge in [-0.05, 0) is 19.6 Å². The molecule has 1 heterocycles. The molecule has 0 aliphatic heterocycles. The van der Waals surface area contributed by atoms with Crippen LogP contribution in [0.5, 0.6) is 0 Å². The van der Waals surface area contributed by atoms with Crippen molar-refractivity contribution >= 4 is 29.5 Å². The van der Waals surface area contributed by atoms with Crippen molar-refractivity contribution < 1.29 is 14.3 Å². The maximum atomic E-state index is 12.5. The van der Waals surface area contributed by atoms with E-state index in [9.17, 15) is 9.59 Å². The zero-order chi connectivity index (χ0) is 22.2. The summed E-state index contributed by atoms with van der Waals surface area (Å²) in [6.45, 7) is 4.24. The van der Waals surface area contributed by atoms with Crippen LogP contribution in [0.25, 0.3) is 0 Å². The van der Waals surface area contributed by atoms with Crippen molar-refractivity contribution in [3.63, 3.8) is 0 Å². The van der Waals surface area contributed by atoms with Crippen LogP contribution in [0.1, 0.15) is 119 Å². The predicted molar refractivity (Wildman–Crippen MR) is 125 cm³/mol. The second-order valence-electron chi connectivity index (χ2n) is 7.79. The molecule has 0 amide bonds. The molecule has 2 N–H and O–H groups in total. The van der Waals surface area contributed by atoms with Gasteiger partial charge in [-0.25, -0.2) is 4.79 Å². The minimum atomic E-state index is -0.528. The van der Waals surface area contributed by atoms with Crippen LogP contribution < -0.4 is 5.73 Å². The summed E-state index contributed by atoms with van der Waals surface area (Å²) in [5.41, 5.74) is 6.22. The van der Waals surface area contributed by atoms with Crippen molar-refractivity contribution in [1.29, 1.82) is 0 Å². The Balaban J connectivity index is 2.21. The van der Waals surface area contributed by atoms with E-state index in [2.05, 4.69) is 12.0 Å². The third-order valence-electron chi connectivity index (χ3n) is 5.29. The van der Waals surface area contributed by atoms with Crippen molar-refractivity contribution in [3.8, 4) is 0 Å². The van der Waals surface area contributed by atoms with E-state index >= 15 is 0 Å². The molecule has 0 saturated carbocycles. The summed E-state index contributed by atoms with van der Waals surface area (Å²) in [5.74, 6) is -0.613. The molecule has 172 valence electrons. The van der Waals surface area contributed by atoms with E-state index in [1.165, 1.54) is 80.7 Å². The molecule has 0 aromatic carbocycles. The highest BCUT2D eigenvalue weighted by atomic mass is 32.2. The molecule has 0 bridgehead atoms. The minimum absolute atomic E-state index is 0.0810. The van der Waals surface area contributed by atoms with Gasteiger partial charge in [0.25, 0.3) is 0 Å². The van der Waals surface area contributed by atoms with Crippen LogP contribution in [0.4, 0.5) is 5.82 Å². The maximum Gasteiger partial charge on any atom is 0.344 e. The van der Waals surface area contributed by atoms with Gasteiger partial charge in [-0.1, -0.05) is 84.0 Å². The van der Waals surface area contributed by atoms with Gasteiger partial charge in [0, 0.05) is 6.42 Å². The number of anilines is 1. The largest absolute Gasteiger partial charge is 0.462 e. The zero-order valence-corrected chi connectivity index (χ0v) is 20.0. The van der Waals surface area contributed by atoms with E-state index in [0.29, 0.717) is 11.4 Å². The molecule has 1 aromatic rings. The number of unbranched alkanes of at least 4 members (excludes halogenated alkanes) is 12. The number of carbonyl (C=O) groups excluding carboxylic acids is 2. The molecule has 0 radical (unpaired) electrons. The van der Waals surface area contributed by atoms with Gasteiger partial charge in [0.2, 0.25) is 5.91 Å². The third-order valence-corrected chi connectivity index (χ3v) is 5.96. The number of nitrogens with two attached hydrogens (primary N) is 1. The van der Waals surface area contributed by atoms with E-state index < -0.39 is 5.97 Å². The van der Waals surface area contributed by atoms with Crippen LogP contribution in [0.15, 0.2) is 5.03 Å². The Hall–Kier alpha value is -1.50. The molecule has 1 rings (SSSR count). The molecule has 6 nitrogen and oxygen atoms in total. The summed E-state index contributed by atoms with van der Waals surface area (Å²) in [6.07, 6.45) is 18.6. The lowest BCUT2D eigenvalue weighted by Crippen LogP contribution is -2.16. The monoisotopic (exact) mass is 439 g/mol. The highest BCUT2D eigenvalue weighted by Gasteiger charge is 2.25. The average molecular weight is 440 g/mol. The van der Waals surface area contributed by atoms with Gasteiger partial charge >= 0.3 is 5.97 Å². The molecule has 0 unspecified atom stereocenters. The number of aromatic nitrogens is 2. The fourth-order valence-electron chi connectivity index (χ4n) is 3.54. The quantitative estimate of drug-likeness (QED) is 0.170. The molecule has 0 spiro atoms. The summed E-state index contributed by atoms with van der Waals surface area (Å²) < 4.78 is 6.20. The van der Waals surface area contributed by atoms with Crippen LogP contribution in [-0.4, -0.2) is 34.5 Å². The van der Waals surface area contributed by atoms with E-state index in [-0.39, 0.29) is 23.9 Å². The Kier molecular flexibility index (Phi) is 14.4. The Morgan fingerprint density at radius 1 is 0.900 bits per heavy atom. The van der Waals surface area contributed by atoms with E-state index in [1.54, 1.807) is 13.2 Å². The van der Waals surface area contributed by atoms with Crippen LogP contribution in [0.3, 0.4) is 0 Å². The molecule has 0 aliphatic carbocycles. The fourth-order valence-corrected chi connectivity index (χ4v) is 4.09. The number of hydrogen-bond donors (Lipinski definition) is 1. The average Bonchev–Trinajstić information content (AvgIpc) is 3.08. The normalized spacial score (nSPS) is 11.0. The summed E-state index contributed by atoms with van der Waals surface area (Å²) in [5, 5.41) is 4.65. The van der Waals surface area contributed by atoms with Crippen molar-refractivity contribution in [1.82, 2.24) is 9.78 Å². The smallest absolute Gasteiger partial charge is 0.344 e. The van der Waals surface area contributed by atoms with Gasteiger partial charge in [0.05, 0.1) is 6.61 Å². The number of thioether (sulfide) groups is 1. The van der Waals surface area contributed by atoms with Crippen LogP contribution in [-0.2, 0) is 4.74 Å². The first kappa shape index (κ1) is 26.5. The van der Waals surface area contributed by atoms with Gasteiger partial charge in [0.15, 0.2) is 0 Å². The molecular formula is C23H41N3O3S. The second-order valence-corrected chi connectivity index (χ2v) is 8.58. The highest BCUT2D eigenvalue weighted by molar-refractivity contribution is 7.98. The second kappa shape index (κ2) is 16.2. The number of esters is 1. The lowest BCUT2D eigenvalue weighted by molar-refractivity contribution is 0.0523. The first-order valence-corrected chi connectivity index (χ1v) is 12.9. The first-order chi connectivity index (χ1) is 14.6. The lowest BCUT2D eigenvalue weighted by Gasteiger charge is -2.05. The van der Waals surface area contributed by atoms with E-state index in [4.69, 9.17) is 10.5 Å². The molecular weight excluding hydrogens is 398 g/mol. The number of rotatable bonds is 17. The van der Waals surface area contributed by atoms with Crippen molar-refractivity contribution in [2.24, 2.45) is 0 Å². The number of hydrogen-bond acceptors (Lipinski definition) is 6. The lowest BCUT2D eigenvalue weighted by atomic mass is 10.0. The van der Waals surface area contributed by atoms with E-state index in [1.807, 2.05) is 0 Å². The van der Waals surface area contributed by atoms with Gasteiger partial charge < -0.3 is 10.5 Å². The topological polar surface area (TPSA) is 87.2 Å². The van der Waals surface area contributed by atoms with Crippen molar-refractivity contribution in [2.45, 2.75) is 109 Å². The predicted octanol–water partition coefficient (Wildman–Crippen LogP) is 6.49. The van der Waals surface area contributed by atoms with Gasteiger partial charge in [-0.15, -0.1) is 11.8 Å². The molecule has 0 saturated heterocycles. The Bertz CT molecular complexity index is 631. The van der Waals surface area contributed by atoms with Gasteiger partial charge in [0.1, 0.15) is 16.4 Å². The van der Waals surface area contributed by atoms with Gasteiger partial charge in [-0.3, -0.25) is 4.79 Å². The Morgan fingerprint density at radius 2 is 1.40 bits per heavy atom. The molecule has 0 atom stereocenters. The van der Waals surface area contributed by atoms with Crippen LogP contribution in [0, 0.1) is 0 Å². The number of ether oxygens (including phenoxy) is 1. The molecule has 0 fully saturated rings. The van der Waals surface area contributed by atoms with Gasteiger partial charge in [-0.2, -0.15) is 9.78 Å². The summed E-state index contributed by atoms with van der Waals surface area (Å²) in [6, 6.07) is 0. The highest BCUT2D eigenvalue weighted by Crippen LogP contribution is 2.26. The first-order valence-electron chi connectivity index (χ1n) is 11.7. The Morgan fingerprint density at radius 3 is 1.87 bits per heavy atom. The number of nitrogen functional groups attached to an aromatic ring is 1. The maximum absolute atomic E-state index is 12.5.